The molecule has 0 radical (unpaired) electrons. The van der Waals surface area contributed by atoms with E-state index in [0.717, 1.165) is 6.42 Å². The van der Waals surface area contributed by atoms with Crippen LogP contribution < -0.4 is 10.5 Å². The van der Waals surface area contributed by atoms with E-state index in [9.17, 15) is 9.59 Å². The maximum atomic E-state index is 11.6. The number of esters is 1. The maximum absolute atomic E-state index is 11.6. The molecule has 0 spiro atoms. The molecule has 6 nitrogen and oxygen atoms in total. The number of carbonyl (C=O) groups excluding carboxylic acids is 1. The average molecular weight is 239 g/mol. The van der Waals surface area contributed by atoms with Gasteiger partial charge in [0, 0.05) is 18.9 Å². The van der Waals surface area contributed by atoms with Gasteiger partial charge in [0.1, 0.15) is 6.54 Å². The lowest BCUT2D eigenvalue weighted by atomic mass is 10.4. The van der Waals surface area contributed by atoms with Crippen molar-refractivity contribution in [3.05, 3.63) is 22.7 Å². The first-order valence-electron chi connectivity index (χ1n) is 5.63. The summed E-state index contributed by atoms with van der Waals surface area (Å²) in [5.41, 5.74) is -0.301. The normalized spacial score (nSPS) is 10.0. The van der Waals surface area contributed by atoms with Crippen LogP contribution in [0.25, 0.3) is 0 Å². The second-order valence-electron chi connectivity index (χ2n) is 3.47. The molecule has 0 aliphatic carbocycles. The molecule has 0 amide bonds. The Balaban J connectivity index is 2.82. The molecule has 17 heavy (non-hydrogen) atoms. The summed E-state index contributed by atoms with van der Waals surface area (Å²) in [7, 11) is 0. The van der Waals surface area contributed by atoms with Crippen LogP contribution in [0.2, 0.25) is 0 Å². The molecule has 0 unspecified atom stereocenters. The van der Waals surface area contributed by atoms with E-state index in [0.29, 0.717) is 13.2 Å². The summed E-state index contributed by atoms with van der Waals surface area (Å²) in [6.45, 7) is 4.67. The largest absolute Gasteiger partial charge is 0.465 e. The third-order valence-corrected chi connectivity index (χ3v) is 2.11. The van der Waals surface area contributed by atoms with E-state index in [2.05, 4.69) is 9.97 Å². The van der Waals surface area contributed by atoms with Crippen molar-refractivity contribution < 1.29 is 9.53 Å². The molecule has 1 aromatic rings. The van der Waals surface area contributed by atoms with Crippen LogP contribution in [0.4, 0.5) is 5.82 Å². The number of carbonyl (C=O) groups is 1. The summed E-state index contributed by atoms with van der Waals surface area (Å²) in [5.74, 6) is -0.103. The minimum absolute atomic E-state index is 0.0434. The highest BCUT2D eigenvalue weighted by Gasteiger charge is 2.15. The van der Waals surface area contributed by atoms with Gasteiger partial charge in [-0.3, -0.25) is 9.59 Å². The fourth-order valence-electron chi connectivity index (χ4n) is 1.46. The number of anilines is 1. The first kappa shape index (κ1) is 13.2. The van der Waals surface area contributed by atoms with Gasteiger partial charge in [-0.15, -0.1) is 0 Å². The molecule has 1 rings (SSSR count). The Bertz CT molecular complexity index is 416. The smallest absolute Gasteiger partial charge is 0.325 e. The second-order valence-corrected chi connectivity index (χ2v) is 3.47. The number of aromatic amines is 1. The van der Waals surface area contributed by atoms with Crippen molar-refractivity contribution in [2.75, 3.05) is 24.6 Å². The summed E-state index contributed by atoms with van der Waals surface area (Å²) >= 11 is 0. The van der Waals surface area contributed by atoms with Gasteiger partial charge in [-0.2, -0.15) is 0 Å². The van der Waals surface area contributed by atoms with Crippen molar-refractivity contribution in [2.24, 2.45) is 0 Å². The fourth-order valence-corrected chi connectivity index (χ4v) is 1.46. The molecule has 94 valence electrons. The van der Waals surface area contributed by atoms with Gasteiger partial charge in [0.15, 0.2) is 5.82 Å². The van der Waals surface area contributed by atoms with Gasteiger partial charge >= 0.3 is 5.97 Å². The molecule has 0 saturated carbocycles. The van der Waals surface area contributed by atoms with Gasteiger partial charge in [-0.25, -0.2) is 4.98 Å². The van der Waals surface area contributed by atoms with Crippen molar-refractivity contribution >= 4 is 11.8 Å². The number of hydrogen-bond acceptors (Lipinski definition) is 5. The third kappa shape index (κ3) is 3.90. The predicted octanol–water partition coefficient (Wildman–Crippen LogP) is 0.549. The summed E-state index contributed by atoms with van der Waals surface area (Å²) < 4.78 is 4.86. The van der Waals surface area contributed by atoms with Crippen molar-refractivity contribution in [1.29, 1.82) is 0 Å². The molecule has 0 fully saturated rings. The number of aromatic nitrogens is 2. The Labute approximate surface area is 99.6 Å². The summed E-state index contributed by atoms with van der Waals surface area (Å²) in [6, 6.07) is 0. The van der Waals surface area contributed by atoms with Crippen molar-refractivity contribution in [2.45, 2.75) is 20.3 Å². The van der Waals surface area contributed by atoms with Crippen LogP contribution in [-0.4, -0.2) is 35.6 Å². The highest BCUT2D eigenvalue weighted by atomic mass is 16.5. The molecule has 0 bridgehead atoms. The maximum Gasteiger partial charge on any atom is 0.325 e. The topological polar surface area (TPSA) is 75.3 Å². The number of hydrogen-bond donors (Lipinski definition) is 1. The van der Waals surface area contributed by atoms with E-state index in [-0.39, 0.29) is 23.9 Å². The van der Waals surface area contributed by atoms with Crippen LogP contribution in [0.3, 0.4) is 0 Å². The molecule has 1 aromatic heterocycles. The number of rotatable bonds is 6. The van der Waals surface area contributed by atoms with Crippen molar-refractivity contribution in [3.8, 4) is 0 Å². The van der Waals surface area contributed by atoms with E-state index < -0.39 is 0 Å². The van der Waals surface area contributed by atoms with Gasteiger partial charge in [0.25, 0.3) is 5.56 Å². The average Bonchev–Trinajstić information content (AvgIpc) is 2.29. The van der Waals surface area contributed by atoms with Crippen LogP contribution in [0.15, 0.2) is 17.2 Å². The Hall–Kier alpha value is -1.85. The molecule has 6 heteroatoms. The van der Waals surface area contributed by atoms with E-state index >= 15 is 0 Å². The Morgan fingerprint density at radius 1 is 1.53 bits per heavy atom. The Kier molecular flexibility index (Phi) is 5.19. The SMILES string of the molecule is CCCN(CC(=O)OCC)c1ncc[nH]c1=O. The molecule has 0 aliphatic rings. The lowest BCUT2D eigenvalue weighted by Crippen LogP contribution is -2.36. The van der Waals surface area contributed by atoms with Crippen LogP contribution >= 0.6 is 0 Å². The molecular formula is C11H17N3O3. The molecule has 1 N–H and O–H groups in total. The minimum Gasteiger partial charge on any atom is -0.465 e. The van der Waals surface area contributed by atoms with Crippen LogP contribution in [-0.2, 0) is 9.53 Å². The van der Waals surface area contributed by atoms with Crippen LogP contribution in [0, 0.1) is 0 Å². The molecule has 1 heterocycles. The van der Waals surface area contributed by atoms with Gasteiger partial charge in [0.2, 0.25) is 0 Å². The second kappa shape index (κ2) is 6.67. The van der Waals surface area contributed by atoms with Crippen molar-refractivity contribution in [3.63, 3.8) is 0 Å². The van der Waals surface area contributed by atoms with Crippen LogP contribution in [0.1, 0.15) is 20.3 Å². The number of nitrogens with one attached hydrogen (secondary N) is 1. The predicted molar refractivity (Wildman–Crippen MR) is 64.0 cm³/mol. The molecule has 0 saturated heterocycles. The van der Waals surface area contributed by atoms with E-state index in [1.807, 2.05) is 6.92 Å². The highest BCUT2D eigenvalue weighted by molar-refractivity contribution is 5.75. The van der Waals surface area contributed by atoms with E-state index in [1.165, 1.54) is 12.4 Å². The van der Waals surface area contributed by atoms with Gasteiger partial charge in [-0.05, 0) is 13.3 Å². The van der Waals surface area contributed by atoms with Crippen LogP contribution in [0.5, 0.6) is 0 Å². The number of ether oxygens (including phenoxy) is 1. The summed E-state index contributed by atoms with van der Waals surface area (Å²) in [5, 5.41) is 0. The minimum atomic E-state index is -0.356. The first-order chi connectivity index (χ1) is 8.19. The zero-order valence-corrected chi connectivity index (χ0v) is 10.1. The van der Waals surface area contributed by atoms with Gasteiger partial charge in [-0.1, -0.05) is 6.92 Å². The third-order valence-electron chi connectivity index (χ3n) is 2.11. The standard InChI is InChI=1S/C11H17N3O3/c1-3-7-14(8-9(15)17-4-2)10-11(16)13-6-5-12-10/h5-6H,3-4,7-8H2,1-2H3,(H,13,16). The number of nitrogens with zero attached hydrogens (tertiary/aromatic N) is 2. The van der Waals surface area contributed by atoms with Gasteiger partial charge < -0.3 is 14.6 Å². The molecule has 0 atom stereocenters. The fraction of sp³-hybridized carbons (Fsp3) is 0.545. The molecule has 0 aliphatic heterocycles. The number of H-pyrrole nitrogens is 1. The monoisotopic (exact) mass is 239 g/mol. The van der Waals surface area contributed by atoms with E-state index in [1.54, 1.807) is 11.8 Å². The zero-order valence-electron chi connectivity index (χ0n) is 10.1. The Morgan fingerprint density at radius 2 is 2.29 bits per heavy atom. The molecule has 0 aromatic carbocycles. The quantitative estimate of drug-likeness (QED) is 0.734. The molecular weight excluding hydrogens is 222 g/mol. The lowest BCUT2D eigenvalue weighted by molar-refractivity contribution is -0.141. The lowest BCUT2D eigenvalue weighted by Gasteiger charge is -2.20. The van der Waals surface area contributed by atoms with Crippen molar-refractivity contribution in [1.82, 2.24) is 9.97 Å². The zero-order chi connectivity index (χ0) is 12.7. The highest BCUT2D eigenvalue weighted by Crippen LogP contribution is 2.03. The summed E-state index contributed by atoms with van der Waals surface area (Å²) in [4.78, 5) is 31.1. The summed E-state index contributed by atoms with van der Waals surface area (Å²) in [6.07, 6.45) is 3.76. The van der Waals surface area contributed by atoms with E-state index in [4.69, 9.17) is 4.74 Å². The first-order valence-corrected chi connectivity index (χ1v) is 5.63. The van der Waals surface area contributed by atoms with Gasteiger partial charge in [0.05, 0.1) is 6.61 Å². The Morgan fingerprint density at radius 3 is 2.88 bits per heavy atom.